The standard InChI is InChI=1S/C14H17ClN4/c1-4-12-18-13(16-3)8-14(19-12)17-11-7-9(2)5-6-10(11)15/h5-8H,4H2,1-3H3,(H2,16,17,18,19). The fraction of sp³-hybridized carbons (Fsp3) is 0.286. The molecule has 0 saturated carbocycles. The smallest absolute Gasteiger partial charge is 0.136 e. The summed E-state index contributed by atoms with van der Waals surface area (Å²) >= 11 is 6.17. The van der Waals surface area contributed by atoms with Crippen molar-refractivity contribution >= 4 is 28.9 Å². The first-order chi connectivity index (χ1) is 9.12. The molecule has 0 atom stereocenters. The van der Waals surface area contributed by atoms with E-state index in [4.69, 9.17) is 11.6 Å². The van der Waals surface area contributed by atoms with Gasteiger partial charge in [-0.05, 0) is 24.6 Å². The van der Waals surface area contributed by atoms with Gasteiger partial charge in [-0.1, -0.05) is 24.6 Å². The second-order valence-corrected chi connectivity index (χ2v) is 4.67. The highest BCUT2D eigenvalue weighted by molar-refractivity contribution is 6.33. The molecule has 0 unspecified atom stereocenters. The molecule has 5 heteroatoms. The number of anilines is 3. The molecule has 0 bridgehead atoms. The van der Waals surface area contributed by atoms with E-state index >= 15 is 0 Å². The molecule has 1 heterocycles. The maximum atomic E-state index is 6.17. The van der Waals surface area contributed by atoms with E-state index in [1.807, 2.05) is 45.2 Å². The highest BCUT2D eigenvalue weighted by atomic mass is 35.5. The Labute approximate surface area is 118 Å². The van der Waals surface area contributed by atoms with Gasteiger partial charge in [-0.15, -0.1) is 0 Å². The molecule has 0 amide bonds. The van der Waals surface area contributed by atoms with Crippen LogP contribution in [0.1, 0.15) is 18.3 Å². The lowest BCUT2D eigenvalue weighted by Gasteiger charge is -2.11. The molecule has 1 aromatic carbocycles. The number of aromatic nitrogens is 2. The largest absolute Gasteiger partial charge is 0.373 e. The molecule has 0 radical (unpaired) electrons. The Morgan fingerprint density at radius 1 is 1.16 bits per heavy atom. The van der Waals surface area contributed by atoms with Crippen molar-refractivity contribution < 1.29 is 0 Å². The van der Waals surface area contributed by atoms with E-state index in [9.17, 15) is 0 Å². The zero-order chi connectivity index (χ0) is 13.8. The van der Waals surface area contributed by atoms with Crippen molar-refractivity contribution in [2.75, 3.05) is 17.7 Å². The van der Waals surface area contributed by atoms with Crippen LogP contribution in [0, 0.1) is 6.92 Å². The molecule has 0 aliphatic heterocycles. The lowest BCUT2D eigenvalue weighted by molar-refractivity contribution is 0.944. The van der Waals surface area contributed by atoms with Crippen LogP contribution in [-0.2, 0) is 6.42 Å². The second kappa shape index (κ2) is 5.89. The predicted octanol–water partition coefficient (Wildman–Crippen LogP) is 3.79. The van der Waals surface area contributed by atoms with E-state index in [0.29, 0.717) is 5.02 Å². The number of hydrogen-bond acceptors (Lipinski definition) is 4. The SMILES string of the molecule is CCc1nc(NC)cc(Nc2cc(C)ccc2Cl)n1. The third kappa shape index (κ3) is 3.35. The third-order valence-electron chi connectivity index (χ3n) is 2.73. The number of nitrogens with one attached hydrogen (secondary N) is 2. The summed E-state index contributed by atoms with van der Waals surface area (Å²) in [5.41, 5.74) is 2.00. The van der Waals surface area contributed by atoms with Gasteiger partial charge in [0.15, 0.2) is 0 Å². The summed E-state index contributed by atoms with van der Waals surface area (Å²) in [6, 6.07) is 7.71. The maximum absolute atomic E-state index is 6.17. The molecule has 100 valence electrons. The lowest BCUT2D eigenvalue weighted by Crippen LogP contribution is -2.03. The Bertz CT molecular complexity index is 561. The van der Waals surface area contributed by atoms with Crippen molar-refractivity contribution in [2.45, 2.75) is 20.3 Å². The average Bonchev–Trinajstić information content (AvgIpc) is 2.42. The first-order valence-electron chi connectivity index (χ1n) is 6.21. The molecule has 0 aliphatic carbocycles. The minimum Gasteiger partial charge on any atom is -0.373 e. The monoisotopic (exact) mass is 276 g/mol. The fourth-order valence-electron chi connectivity index (χ4n) is 1.72. The van der Waals surface area contributed by atoms with Crippen LogP contribution in [0.4, 0.5) is 17.3 Å². The summed E-state index contributed by atoms with van der Waals surface area (Å²) in [6.45, 7) is 4.05. The quantitative estimate of drug-likeness (QED) is 0.892. The molecule has 0 spiro atoms. The summed E-state index contributed by atoms with van der Waals surface area (Å²) in [5.74, 6) is 2.32. The topological polar surface area (TPSA) is 49.8 Å². The summed E-state index contributed by atoms with van der Waals surface area (Å²) in [7, 11) is 1.84. The Morgan fingerprint density at radius 3 is 2.58 bits per heavy atom. The van der Waals surface area contributed by atoms with Crippen molar-refractivity contribution in [3.8, 4) is 0 Å². The van der Waals surface area contributed by atoms with Gasteiger partial charge in [0.2, 0.25) is 0 Å². The highest BCUT2D eigenvalue weighted by Gasteiger charge is 2.05. The fourth-order valence-corrected chi connectivity index (χ4v) is 1.89. The average molecular weight is 277 g/mol. The number of benzene rings is 1. The van der Waals surface area contributed by atoms with Crippen LogP contribution in [0.5, 0.6) is 0 Å². The molecule has 2 N–H and O–H groups in total. The zero-order valence-electron chi connectivity index (χ0n) is 11.3. The van der Waals surface area contributed by atoms with E-state index in [1.54, 1.807) is 0 Å². The van der Waals surface area contributed by atoms with Crippen LogP contribution in [-0.4, -0.2) is 17.0 Å². The Kier molecular flexibility index (Phi) is 4.22. The van der Waals surface area contributed by atoms with E-state index in [0.717, 1.165) is 35.1 Å². The van der Waals surface area contributed by atoms with Crippen LogP contribution in [0.25, 0.3) is 0 Å². The minimum absolute atomic E-state index is 0.674. The van der Waals surface area contributed by atoms with Gasteiger partial charge in [-0.2, -0.15) is 0 Å². The Hall–Kier alpha value is -1.81. The van der Waals surface area contributed by atoms with E-state index in [-0.39, 0.29) is 0 Å². The number of aryl methyl sites for hydroxylation is 2. The Morgan fingerprint density at radius 2 is 1.89 bits per heavy atom. The van der Waals surface area contributed by atoms with Crippen molar-refractivity contribution in [2.24, 2.45) is 0 Å². The molecule has 2 aromatic rings. The van der Waals surface area contributed by atoms with Gasteiger partial charge in [-0.25, -0.2) is 9.97 Å². The van der Waals surface area contributed by atoms with Crippen molar-refractivity contribution in [1.82, 2.24) is 9.97 Å². The molecule has 4 nitrogen and oxygen atoms in total. The van der Waals surface area contributed by atoms with Gasteiger partial charge in [0.05, 0.1) is 10.7 Å². The molecule has 0 aliphatic rings. The summed E-state index contributed by atoms with van der Waals surface area (Å²) in [4.78, 5) is 8.80. The van der Waals surface area contributed by atoms with Crippen LogP contribution < -0.4 is 10.6 Å². The van der Waals surface area contributed by atoms with Gasteiger partial charge in [0, 0.05) is 19.5 Å². The van der Waals surface area contributed by atoms with Gasteiger partial charge >= 0.3 is 0 Å². The molecular weight excluding hydrogens is 260 g/mol. The van der Waals surface area contributed by atoms with Crippen molar-refractivity contribution in [1.29, 1.82) is 0 Å². The van der Waals surface area contributed by atoms with E-state index in [1.165, 1.54) is 0 Å². The van der Waals surface area contributed by atoms with Crippen molar-refractivity contribution in [3.63, 3.8) is 0 Å². The maximum Gasteiger partial charge on any atom is 0.136 e. The van der Waals surface area contributed by atoms with Crippen LogP contribution in [0.15, 0.2) is 24.3 Å². The predicted molar refractivity (Wildman–Crippen MR) is 80.4 cm³/mol. The first kappa shape index (κ1) is 13.6. The molecular formula is C14H17ClN4. The Balaban J connectivity index is 2.34. The normalized spacial score (nSPS) is 10.3. The molecule has 2 rings (SSSR count). The number of nitrogens with zero attached hydrogens (tertiary/aromatic N) is 2. The summed E-state index contributed by atoms with van der Waals surface area (Å²) in [5, 5.41) is 6.94. The van der Waals surface area contributed by atoms with Gasteiger partial charge < -0.3 is 10.6 Å². The second-order valence-electron chi connectivity index (χ2n) is 4.27. The molecule has 0 saturated heterocycles. The third-order valence-corrected chi connectivity index (χ3v) is 3.06. The zero-order valence-corrected chi connectivity index (χ0v) is 12.0. The number of rotatable bonds is 4. The molecule has 19 heavy (non-hydrogen) atoms. The van der Waals surface area contributed by atoms with Gasteiger partial charge in [0.1, 0.15) is 17.5 Å². The van der Waals surface area contributed by atoms with Gasteiger partial charge in [-0.3, -0.25) is 0 Å². The molecule has 0 fully saturated rings. The highest BCUT2D eigenvalue weighted by Crippen LogP contribution is 2.26. The summed E-state index contributed by atoms with van der Waals surface area (Å²) in [6.07, 6.45) is 0.783. The lowest BCUT2D eigenvalue weighted by atomic mass is 10.2. The molecule has 1 aromatic heterocycles. The van der Waals surface area contributed by atoms with E-state index < -0.39 is 0 Å². The minimum atomic E-state index is 0.674. The van der Waals surface area contributed by atoms with Crippen molar-refractivity contribution in [3.05, 3.63) is 40.7 Å². The van der Waals surface area contributed by atoms with Crippen LogP contribution in [0.3, 0.4) is 0 Å². The summed E-state index contributed by atoms with van der Waals surface area (Å²) < 4.78 is 0. The van der Waals surface area contributed by atoms with Crippen LogP contribution >= 0.6 is 11.6 Å². The number of halogens is 1. The van der Waals surface area contributed by atoms with Gasteiger partial charge in [0.25, 0.3) is 0 Å². The first-order valence-corrected chi connectivity index (χ1v) is 6.59. The van der Waals surface area contributed by atoms with E-state index in [2.05, 4.69) is 20.6 Å². The van der Waals surface area contributed by atoms with Crippen LogP contribution in [0.2, 0.25) is 5.02 Å². The number of hydrogen-bond donors (Lipinski definition) is 2.